The van der Waals surface area contributed by atoms with Crippen LogP contribution in [0.2, 0.25) is 0 Å². The number of hydrogen-bond donors (Lipinski definition) is 0. The molecule has 0 atom stereocenters. The zero-order chi connectivity index (χ0) is 5.91. The first kappa shape index (κ1) is 24.3. The first-order chi connectivity index (χ1) is 3.12. The van der Waals surface area contributed by atoms with Crippen LogP contribution in [0.5, 0.6) is 0 Å². The molecule has 0 amide bonds. The second-order valence-electron chi connectivity index (χ2n) is 0.596. The van der Waals surface area contributed by atoms with E-state index in [4.69, 9.17) is 10.5 Å². The van der Waals surface area contributed by atoms with Crippen molar-refractivity contribution in [2.45, 2.75) is 0 Å². The predicted octanol–water partition coefficient (Wildman–Crippen LogP) is -11.9. The second kappa shape index (κ2) is 13.9. The Morgan fingerprint density at radius 2 is 1.20 bits per heavy atom. The maximum atomic E-state index is 9.33. The summed E-state index contributed by atoms with van der Waals surface area (Å²) < 4.78 is 13.9. The van der Waals surface area contributed by atoms with Crippen LogP contribution in [0.15, 0.2) is 0 Å². The molecule has 44 valence electrons. The van der Waals surface area contributed by atoms with Gasteiger partial charge in [0.1, 0.15) is 0 Å². The Morgan fingerprint density at radius 1 is 1.00 bits per heavy atom. The molecular weight excluding hydrogens is 244 g/mol. The molecule has 0 saturated heterocycles. The van der Waals surface area contributed by atoms with Gasteiger partial charge in [-0.05, 0) is 0 Å². The van der Waals surface area contributed by atoms with E-state index in [1.807, 2.05) is 0 Å². The molecule has 0 aliphatic heterocycles. The summed E-state index contributed by atoms with van der Waals surface area (Å²) >= 11 is 0. The largest absolute Gasteiger partial charge is 1.00 e. The van der Waals surface area contributed by atoms with E-state index in [0.29, 0.717) is 0 Å². The summed E-state index contributed by atoms with van der Waals surface area (Å²) in [5.41, 5.74) is 0. The Bertz CT molecular complexity index is 85.0. The predicted molar refractivity (Wildman–Crippen MR) is 9.78 cm³/mol. The molecule has 0 aromatic heterocycles. The van der Waals surface area contributed by atoms with Gasteiger partial charge in [-0.1, -0.05) is 0 Å². The molecule has 0 saturated carbocycles. The van der Waals surface area contributed by atoms with E-state index < -0.39 is 7.82 Å². The molecule has 0 bridgehead atoms. The van der Waals surface area contributed by atoms with Crippen molar-refractivity contribution in [3.8, 4) is 0 Å². The molecule has 0 heterocycles. The molecule has 0 unspecified atom stereocenters. The van der Waals surface area contributed by atoms with Crippen LogP contribution in [0.3, 0.4) is 0 Å². The standard InChI is InChI=1S/3K.H3O6P/c;;;1-5-7(3,4)6-2/h;;;1-2H,(H,3,4)/q3*+1;/p-3. The van der Waals surface area contributed by atoms with E-state index in [2.05, 4.69) is 9.35 Å². The van der Waals surface area contributed by atoms with Crippen LogP contribution in [0, 0.1) is 0 Å². The van der Waals surface area contributed by atoms with Crippen LogP contribution in [0.4, 0.5) is 0 Å². The minimum atomic E-state index is -5.02. The summed E-state index contributed by atoms with van der Waals surface area (Å²) in [5.74, 6) is 0. The SMILES string of the molecule is O=P([O-])(O[O-])O[O-].[K+].[K+].[K+]. The van der Waals surface area contributed by atoms with Gasteiger partial charge in [-0.3, -0.25) is 4.57 Å². The third-order valence-electron chi connectivity index (χ3n) is 0.183. The minimum Gasteiger partial charge on any atom is -0.757 e. The van der Waals surface area contributed by atoms with Gasteiger partial charge >= 0.3 is 154 Å². The average Bonchev–Trinajstić information content (AvgIpc) is 1.68. The van der Waals surface area contributed by atoms with Gasteiger partial charge in [0.15, 0.2) is 0 Å². The van der Waals surface area contributed by atoms with Gasteiger partial charge in [-0.2, -0.15) is 0 Å². The summed E-state index contributed by atoms with van der Waals surface area (Å²) in [4.78, 5) is 9.33. The fraction of sp³-hybridized carbons (Fsp3) is 0. The van der Waals surface area contributed by atoms with Crippen molar-refractivity contribution in [1.29, 1.82) is 0 Å². The van der Waals surface area contributed by atoms with Gasteiger partial charge < -0.3 is 24.8 Å². The average molecular weight is 244 g/mol. The molecule has 10 heavy (non-hydrogen) atoms. The first-order valence-electron chi connectivity index (χ1n) is 1.06. The van der Waals surface area contributed by atoms with Crippen molar-refractivity contribution in [3.05, 3.63) is 0 Å². The monoisotopic (exact) mass is 244 g/mol. The third-order valence-corrected chi connectivity index (χ3v) is 0.548. The Morgan fingerprint density at radius 3 is 1.20 bits per heavy atom. The van der Waals surface area contributed by atoms with E-state index in [0.717, 1.165) is 0 Å². The second-order valence-corrected chi connectivity index (χ2v) is 1.79. The molecule has 0 aromatic rings. The van der Waals surface area contributed by atoms with Crippen LogP contribution in [0.25, 0.3) is 0 Å². The molecule has 0 spiro atoms. The van der Waals surface area contributed by atoms with Gasteiger partial charge in [0.05, 0.1) is 0 Å². The van der Waals surface area contributed by atoms with Gasteiger partial charge in [0.25, 0.3) is 0 Å². The van der Waals surface area contributed by atoms with Gasteiger partial charge in [-0.15, -0.1) is 0 Å². The van der Waals surface area contributed by atoms with E-state index in [9.17, 15) is 9.46 Å². The Balaban J connectivity index is -0.0000000600. The normalized spacial score (nSPS) is 8.30. The zero-order valence-corrected chi connectivity index (χ0v) is 16.2. The van der Waals surface area contributed by atoms with Crippen LogP contribution >= 0.6 is 7.82 Å². The van der Waals surface area contributed by atoms with Gasteiger partial charge in [0, 0.05) is 0 Å². The van der Waals surface area contributed by atoms with E-state index >= 15 is 0 Å². The summed E-state index contributed by atoms with van der Waals surface area (Å²) in [6.45, 7) is 0. The van der Waals surface area contributed by atoms with E-state index in [-0.39, 0.29) is 154 Å². The molecule has 0 aliphatic carbocycles. The molecule has 0 aromatic carbocycles. The van der Waals surface area contributed by atoms with Crippen LogP contribution < -0.4 is 170 Å². The fourth-order valence-corrected chi connectivity index (χ4v) is 0.0373. The summed E-state index contributed by atoms with van der Waals surface area (Å²) in [6, 6.07) is 0. The summed E-state index contributed by atoms with van der Waals surface area (Å²) in [5, 5.41) is 17.6. The first-order valence-corrected chi connectivity index (χ1v) is 2.52. The van der Waals surface area contributed by atoms with Crippen molar-refractivity contribution in [2.24, 2.45) is 0 Å². The minimum absolute atomic E-state index is 0. The molecule has 0 N–H and O–H groups in total. The Hall–Kier alpha value is 4.94. The van der Waals surface area contributed by atoms with Crippen LogP contribution in [0.1, 0.15) is 0 Å². The molecule has 0 fully saturated rings. The van der Waals surface area contributed by atoms with Crippen molar-refractivity contribution in [2.75, 3.05) is 0 Å². The fourth-order valence-electron chi connectivity index (χ4n) is 0.0124. The Kier molecular flexibility index (Phi) is 33.8. The maximum absolute atomic E-state index is 9.33. The topological polar surface area (TPSA) is 105 Å². The van der Waals surface area contributed by atoms with Crippen molar-refractivity contribution in [3.63, 3.8) is 0 Å². The van der Waals surface area contributed by atoms with Crippen molar-refractivity contribution >= 4 is 7.82 Å². The molecule has 0 rings (SSSR count). The van der Waals surface area contributed by atoms with Gasteiger partial charge in [-0.25, -0.2) is 0 Å². The summed E-state index contributed by atoms with van der Waals surface area (Å²) in [7, 11) is -5.02. The molecular formula is K3O6P. The third kappa shape index (κ3) is 15.4. The number of hydrogen-bond acceptors (Lipinski definition) is 6. The van der Waals surface area contributed by atoms with Gasteiger partial charge in [0.2, 0.25) is 7.82 Å². The van der Waals surface area contributed by atoms with Crippen LogP contribution in [-0.4, -0.2) is 0 Å². The molecule has 0 aliphatic rings. The van der Waals surface area contributed by atoms with Crippen molar-refractivity contribution in [1.82, 2.24) is 0 Å². The quantitative estimate of drug-likeness (QED) is 0.207. The van der Waals surface area contributed by atoms with Crippen LogP contribution in [-0.2, 0) is 13.9 Å². The molecule has 0 radical (unpaired) electrons. The molecule has 10 heteroatoms. The number of phosphoric acid groups is 1. The zero-order valence-electron chi connectivity index (χ0n) is 5.90. The van der Waals surface area contributed by atoms with E-state index in [1.54, 1.807) is 0 Å². The smallest absolute Gasteiger partial charge is 0.757 e. The number of rotatable bonds is 2. The molecule has 6 nitrogen and oxygen atoms in total. The Labute approximate surface area is 185 Å². The summed E-state index contributed by atoms with van der Waals surface area (Å²) in [6.07, 6.45) is 0. The van der Waals surface area contributed by atoms with Crippen molar-refractivity contribution < 1.29 is 183 Å². The van der Waals surface area contributed by atoms with E-state index in [1.165, 1.54) is 0 Å². The maximum Gasteiger partial charge on any atom is 1.00 e.